The standard InChI is InChI=1S/C14H13BrFNO2S/c1-9-3-5-12(7-10(9)2)20(18,19)17-11-4-6-14(16)13(15)8-11/h3-8,17H,1-2H3. The number of benzene rings is 2. The molecule has 3 nitrogen and oxygen atoms in total. The largest absolute Gasteiger partial charge is 0.280 e. The molecule has 0 saturated heterocycles. The van der Waals surface area contributed by atoms with Crippen molar-refractivity contribution >= 4 is 31.6 Å². The van der Waals surface area contributed by atoms with Gasteiger partial charge in [0.1, 0.15) is 5.82 Å². The Labute approximate surface area is 126 Å². The summed E-state index contributed by atoms with van der Waals surface area (Å²) in [6, 6.07) is 8.86. The zero-order valence-corrected chi connectivity index (χ0v) is 13.3. The lowest BCUT2D eigenvalue weighted by Gasteiger charge is -2.10. The van der Waals surface area contributed by atoms with E-state index < -0.39 is 15.8 Å². The molecule has 20 heavy (non-hydrogen) atoms. The summed E-state index contributed by atoms with van der Waals surface area (Å²) in [4.78, 5) is 0.182. The molecule has 0 saturated carbocycles. The summed E-state index contributed by atoms with van der Waals surface area (Å²) in [5.74, 6) is -0.445. The van der Waals surface area contributed by atoms with Crippen molar-refractivity contribution in [3.63, 3.8) is 0 Å². The van der Waals surface area contributed by atoms with E-state index in [1.165, 1.54) is 18.2 Å². The minimum Gasteiger partial charge on any atom is -0.280 e. The summed E-state index contributed by atoms with van der Waals surface area (Å²) in [5, 5.41) is 0. The van der Waals surface area contributed by atoms with Crippen LogP contribution in [-0.4, -0.2) is 8.42 Å². The molecule has 0 amide bonds. The van der Waals surface area contributed by atoms with E-state index in [1.54, 1.807) is 18.2 Å². The predicted molar refractivity (Wildman–Crippen MR) is 80.8 cm³/mol. The SMILES string of the molecule is Cc1ccc(S(=O)(=O)Nc2ccc(F)c(Br)c2)cc1C. The van der Waals surface area contributed by atoms with Crippen LogP contribution in [0.15, 0.2) is 45.8 Å². The molecule has 0 atom stereocenters. The molecule has 2 aromatic rings. The molecule has 0 aliphatic heterocycles. The molecule has 2 aromatic carbocycles. The van der Waals surface area contributed by atoms with E-state index in [2.05, 4.69) is 20.7 Å². The van der Waals surface area contributed by atoms with Gasteiger partial charge in [-0.15, -0.1) is 0 Å². The zero-order chi connectivity index (χ0) is 14.9. The van der Waals surface area contributed by atoms with E-state index in [4.69, 9.17) is 0 Å². The third-order valence-electron chi connectivity index (χ3n) is 2.96. The number of hydrogen-bond donors (Lipinski definition) is 1. The predicted octanol–water partition coefficient (Wildman–Crippen LogP) is 4.01. The maximum absolute atomic E-state index is 13.1. The molecule has 2 rings (SSSR count). The van der Waals surface area contributed by atoms with Gasteiger partial charge >= 0.3 is 0 Å². The first-order valence-corrected chi connectivity index (χ1v) is 8.12. The van der Waals surface area contributed by atoms with Gasteiger partial charge in [-0.1, -0.05) is 6.07 Å². The normalized spacial score (nSPS) is 11.4. The van der Waals surface area contributed by atoms with Gasteiger partial charge < -0.3 is 0 Å². The van der Waals surface area contributed by atoms with Gasteiger partial charge in [0.05, 0.1) is 15.1 Å². The molecule has 106 valence electrons. The second-order valence-corrected chi connectivity index (χ2v) is 7.02. The number of anilines is 1. The fourth-order valence-electron chi connectivity index (χ4n) is 1.65. The highest BCUT2D eigenvalue weighted by Crippen LogP contribution is 2.23. The number of nitrogens with one attached hydrogen (secondary N) is 1. The van der Waals surface area contributed by atoms with Crippen LogP contribution >= 0.6 is 15.9 Å². The van der Waals surface area contributed by atoms with Crippen LogP contribution in [0.4, 0.5) is 10.1 Å². The maximum Gasteiger partial charge on any atom is 0.261 e. The van der Waals surface area contributed by atoms with Crippen LogP contribution < -0.4 is 4.72 Å². The average molecular weight is 358 g/mol. The van der Waals surface area contributed by atoms with Crippen LogP contribution in [0.2, 0.25) is 0 Å². The molecule has 0 spiro atoms. The monoisotopic (exact) mass is 357 g/mol. The first-order chi connectivity index (χ1) is 9.29. The van der Waals surface area contributed by atoms with Crippen LogP contribution in [0.5, 0.6) is 0 Å². The Morgan fingerprint density at radius 2 is 1.75 bits per heavy atom. The lowest BCUT2D eigenvalue weighted by atomic mass is 10.1. The lowest BCUT2D eigenvalue weighted by molar-refractivity contribution is 0.600. The number of rotatable bonds is 3. The molecule has 0 unspecified atom stereocenters. The lowest BCUT2D eigenvalue weighted by Crippen LogP contribution is -2.13. The Bertz CT molecular complexity index is 760. The molecule has 0 aliphatic carbocycles. The van der Waals surface area contributed by atoms with Crippen LogP contribution in [0.3, 0.4) is 0 Å². The van der Waals surface area contributed by atoms with Gasteiger partial charge in [-0.2, -0.15) is 0 Å². The molecule has 0 aromatic heterocycles. The van der Waals surface area contributed by atoms with E-state index in [0.29, 0.717) is 5.69 Å². The van der Waals surface area contributed by atoms with Gasteiger partial charge in [-0.25, -0.2) is 12.8 Å². The van der Waals surface area contributed by atoms with E-state index in [1.807, 2.05) is 13.8 Å². The molecular formula is C14H13BrFNO2S. The summed E-state index contributed by atoms with van der Waals surface area (Å²) in [6.45, 7) is 3.76. The Kier molecular flexibility index (Phi) is 4.15. The second-order valence-electron chi connectivity index (χ2n) is 4.48. The van der Waals surface area contributed by atoms with Crippen LogP contribution in [-0.2, 0) is 10.0 Å². The summed E-state index contributed by atoms with van der Waals surface area (Å²) >= 11 is 3.02. The number of halogens is 2. The number of sulfonamides is 1. The third-order valence-corrected chi connectivity index (χ3v) is 4.95. The summed E-state index contributed by atoms with van der Waals surface area (Å²) in [5.41, 5.74) is 2.22. The quantitative estimate of drug-likeness (QED) is 0.901. The summed E-state index contributed by atoms with van der Waals surface area (Å²) in [7, 11) is -3.68. The number of hydrogen-bond acceptors (Lipinski definition) is 2. The van der Waals surface area contributed by atoms with Crippen molar-refractivity contribution in [2.24, 2.45) is 0 Å². The van der Waals surface area contributed by atoms with E-state index in [-0.39, 0.29) is 9.37 Å². The van der Waals surface area contributed by atoms with Crippen LogP contribution in [0, 0.1) is 19.7 Å². The van der Waals surface area contributed by atoms with Crippen molar-refractivity contribution in [3.05, 3.63) is 57.8 Å². The van der Waals surface area contributed by atoms with Gasteiger partial charge in [-0.05, 0) is 71.2 Å². The molecule has 0 fully saturated rings. The van der Waals surface area contributed by atoms with E-state index >= 15 is 0 Å². The molecule has 0 bridgehead atoms. The van der Waals surface area contributed by atoms with Crippen molar-refractivity contribution in [1.29, 1.82) is 0 Å². The smallest absolute Gasteiger partial charge is 0.261 e. The highest BCUT2D eigenvalue weighted by Gasteiger charge is 2.15. The number of aryl methyl sites for hydroxylation is 2. The Hall–Kier alpha value is -1.40. The molecule has 1 N–H and O–H groups in total. The molecule has 0 radical (unpaired) electrons. The van der Waals surface area contributed by atoms with Crippen LogP contribution in [0.1, 0.15) is 11.1 Å². The average Bonchev–Trinajstić information content (AvgIpc) is 2.37. The van der Waals surface area contributed by atoms with Gasteiger partial charge in [0, 0.05) is 0 Å². The van der Waals surface area contributed by atoms with Crippen molar-refractivity contribution in [2.75, 3.05) is 4.72 Å². The zero-order valence-electron chi connectivity index (χ0n) is 10.9. The van der Waals surface area contributed by atoms with Gasteiger partial charge in [0.15, 0.2) is 0 Å². The Morgan fingerprint density at radius 1 is 1.05 bits per heavy atom. The van der Waals surface area contributed by atoms with Crippen molar-refractivity contribution < 1.29 is 12.8 Å². The minimum absolute atomic E-state index is 0.182. The summed E-state index contributed by atoms with van der Waals surface area (Å²) < 4.78 is 40.2. The molecule has 0 heterocycles. The minimum atomic E-state index is -3.68. The topological polar surface area (TPSA) is 46.2 Å². The van der Waals surface area contributed by atoms with Crippen molar-refractivity contribution in [2.45, 2.75) is 18.7 Å². The first-order valence-electron chi connectivity index (χ1n) is 5.85. The fraction of sp³-hybridized carbons (Fsp3) is 0.143. The first kappa shape index (κ1) is 15.0. The van der Waals surface area contributed by atoms with Crippen molar-refractivity contribution in [3.8, 4) is 0 Å². The molecular weight excluding hydrogens is 345 g/mol. The van der Waals surface area contributed by atoms with E-state index in [0.717, 1.165) is 11.1 Å². The highest BCUT2D eigenvalue weighted by atomic mass is 79.9. The third kappa shape index (κ3) is 3.19. The summed E-state index contributed by atoms with van der Waals surface area (Å²) in [6.07, 6.45) is 0. The van der Waals surface area contributed by atoms with E-state index in [9.17, 15) is 12.8 Å². The van der Waals surface area contributed by atoms with Crippen LogP contribution in [0.25, 0.3) is 0 Å². The molecule has 0 aliphatic rings. The Balaban J connectivity index is 2.35. The molecule has 6 heteroatoms. The van der Waals surface area contributed by atoms with Gasteiger partial charge in [-0.3, -0.25) is 4.72 Å². The van der Waals surface area contributed by atoms with Gasteiger partial charge in [0.25, 0.3) is 10.0 Å². The Morgan fingerprint density at radius 3 is 2.35 bits per heavy atom. The highest BCUT2D eigenvalue weighted by molar-refractivity contribution is 9.10. The van der Waals surface area contributed by atoms with Gasteiger partial charge in [0.2, 0.25) is 0 Å². The second kappa shape index (κ2) is 5.54. The fourth-order valence-corrected chi connectivity index (χ4v) is 3.17. The maximum atomic E-state index is 13.1. The van der Waals surface area contributed by atoms with Crippen molar-refractivity contribution in [1.82, 2.24) is 0 Å².